The fraction of sp³-hybridized carbons (Fsp3) is 0.364. The lowest BCUT2D eigenvalue weighted by atomic mass is 10.3. The first kappa shape index (κ1) is 11.2. The van der Waals surface area contributed by atoms with Gasteiger partial charge in [0.15, 0.2) is 0 Å². The number of alkyl halides is 1. The molecule has 0 aromatic carbocycles. The molecule has 0 fully saturated rings. The number of pyridine rings is 1. The standard InChI is InChI=1S/C11H13ClN2O2/c1-15-7-8(12)6-14-11-9-3-5-16-10(9)2-4-13-11/h2-5,8H,6-7H2,1H3,(H,13,14). The zero-order valence-electron chi connectivity index (χ0n) is 8.94. The van der Waals surface area contributed by atoms with Gasteiger partial charge in [-0.05, 0) is 12.1 Å². The van der Waals surface area contributed by atoms with Crippen molar-refractivity contribution in [3.8, 4) is 0 Å². The van der Waals surface area contributed by atoms with Crippen LogP contribution in [-0.4, -0.2) is 30.6 Å². The van der Waals surface area contributed by atoms with E-state index in [0.29, 0.717) is 13.2 Å². The predicted octanol–water partition coefficient (Wildman–Crippen LogP) is 2.49. The van der Waals surface area contributed by atoms with Crippen LogP contribution >= 0.6 is 11.6 Å². The average Bonchev–Trinajstić information content (AvgIpc) is 2.75. The van der Waals surface area contributed by atoms with E-state index in [0.717, 1.165) is 16.8 Å². The number of anilines is 1. The molecule has 0 amide bonds. The summed E-state index contributed by atoms with van der Waals surface area (Å²) in [5.74, 6) is 0.785. The molecule has 5 heteroatoms. The summed E-state index contributed by atoms with van der Waals surface area (Å²) in [5, 5.41) is 4.06. The van der Waals surface area contributed by atoms with E-state index >= 15 is 0 Å². The Kier molecular flexibility index (Phi) is 3.64. The van der Waals surface area contributed by atoms with Crippen molar-refractivity contribution in [3.63, 3.8) is 0 Å². The molecule has 2 aromatic rings. The van der Waals surface area contributed by atoms with Crippen LogP contribution in [0.3, 0.4) is 0 Å². The van der Waals surface area contributed by atoms with Crippen molar-refractivity contribution in [3.05, 3.63) is 24.6 Å². The predicted molar refractivity (Wildman–Crippen MR) is 64.0 cm³/mol. The third-order valence-electron chi connectivity index (χ3n) is 2.22. The second-order valence-electron chi connectivity index (χ2n) is 3.43. The molecule has 1 N–H and O–H groups in total. The largest absolute Gasteiger partial charge is 0.464 e. The van der Waals surface area contributed by atoms with Crippen molar-refractivity contribution in [2.45, 2.75) is 5.38 Å². The van der Waals surface area contributed by atoms with Crippen LogP contribution in [0.25, 0.3) is 11.0 Å². The third-order valence-corrected chi connectivity index (χ3v) is 2.50. The molecule has 1 unspecified atom stereocenters. The van der Waals surface area contributed by atoms with Crippen molar-refractivity contribution >= 4 is 28.4 Å². The molecule has 2 rings (SSSR count). The first-order valence-corrected chi connectivity index (χ1v) is 5.44. The SMILES string of the molecule is COCC(Cl)CNc1nccc2occc12. The lowest BCUT2D eigenvalue weighted by Gasteiger charge is -2.10. The van der Waals surface area contributed by atoms with Crippen LogP contribution < -0.4 is 5.32 Å². The van der Waals surface area contributed by atoms with E-state index in [4.69, 9.17) is 20.8 Å². The number of furan rings is 1. The zero-order valence-corrected chi connectivity index (χ0v) is 9.70. The normalized spacial score (nSPS) is 12.9. The lowest BCUT2D eigenvalue weighted by Crippen LogP contribution is -2.19. The van der Waals surface area contributed by atoms with Crippen molar-refractivity contribution in [2.75, 3.05) is 25.6 Å². The van der Waals surface area contributed by atoms with Gasteiger partial charge in [0.25, 0.3) is 0 Å². The van der Waals surface area contributed by atoms with Gasteiger partial charge in [-0.3, -0.25) is 0 Å². The van der Waals surface area contributed by atoms with Gasteiger partial charge in [-0.1, -0.05) is 0 Å². The Balaban J connectivity index is 2.06. The summed E-state index contributed by atoms with van der Waals surface area (Å²) in [4.78, 5) is 4.24. The number of hydrogen-bond acceptors (Lipinski definition) is 4. The molecule has 0 saturated heterocycles. The minimum atomic E-state index is -0.0750. The summed E-state index contributed by atoms with van der Waals surface area (Å²) in [6.45, 7) is 1.11. The highest BCUT2D eigenvalue weighted by Crippen LogP contribution is 2.21. The Morgan fingerprint density at radius 3 is 3.25 bits per heavy atom. The molecular formula is C11H13ClN2O2. The summed E-state index contributed by atoms with van der Waals surface area (Å²) < 4.78 is 10.2. The Labute approximate surface area is 98.6 Å². The second-order valence-corrected chi connectivity index (χ2v) is 4.04. The van der Waals surface area contributed by atoms with Gasteiger partial charge < -0.3 is 14.5 Å². The molecule has 1 atom stereocenters. The van der Waals surface area contributed by atoms with Gasteiger partial charge in [0.2, 0.25) is 0 Å². The number of methoxy groups -OCH3 is 1. The fourth-order valence-electron chi connectivity index (χ4n) is 1.48. The van der Waals surface area contributed by atoms with Crippen LogP contribution in [0.5, 0.6) is 0 Å². The first-order valence-electron chi connectivity index (χ1n) is 5.00. The summed E-state index contributed by atoms with van der Waals surface area (Å²) in [5.41, 5.74) is 0.815. The van der Waals surface area contributed by atoms with Crippen LogP contribution in [0.1, 0.15) is 0 Å². The molecular weight excluding hydrogens is 228 g/mol. The van der Waals surface area contributed by atoms with E-state index in [2.05, 4.69) is 10.3 Å². The van der Waals surface area contributed by atoms with Gasteiger partial charge in [0.1, 0.15) is 11.4 Å². The maximum atomic E-state index is 6.02. The van der Waals surface area contributed by atoms with Crippen LogP contribution in [0.2, 0.25) is 0 Å². The highest BCUT2D eigenvalue weighted by molar-refractivity contribution is 6.21. The van der Waals surface area contributed by atoms with Crippen molar-refractivity contribution in [1.82, 2.24) is 4.98 Å². The molecule has 16 heavy (non-hydrogen) atoms. The van der Waals surface area contributed by atoms with E-state index in [1.807, 2.05) is 12.1 Å². The molecule has 0 aliphatic heterocycles. The molecule has 86 valence electrons. The lowest BCUT2D eigenvalue weighted by molar-refractivity contribution is 0.200. The van der Waals surface area contributed by atoms with Crippen LogP contribution in [-0.2, 0) is 4.74 Å². The van der Waals surface area contributed by atoms with E-state index in [-0.39, 0.29) is 5.38 Å². The van der Waals surface area contributed by atoms with Crippen LogP contribution in [0.15, 0.2) is 29.0 Å². The molecule has 2 heterocycles. The maximum absolute atomic E-state index is 6.02. The van der Waals surface area contributed by atoms with Crippen molar-refractivity contribution < 1.29 is 9.15 Å². The highest BCUT2D eigenvalue weighted by Gasteiger charge is 2.07. The number of nitrogens with one attached hydrogen (secondary N) is 1. The smallest absolute Gasteiger partial charge is 0.139 e. The molecule has 0 aliphatic rings. The quantitative estimate of drug-likeness (QED) is 0.816. The van der Waals surface area contributed by atoms with E-state index in [9.17, 15) is 0 Å². The number of hydrogen-bond donors (Lipinski definition) is 1. The monoisotopic (exact) mass is 240 g/mol. The summed E-state index contributed by atoms with van der Waals surface area (Å²) >= 11 is 6.02. The molecule has 0 radical (unpaired) electrons. The van der Waals surface area contributed by atoms with Crippen LogP contribution in [0, 0.1) is 0 Å². The zero-order chi connectivity index (χ0) is 11.4. The fourth-order valence-corrected chi connectivity index (χ4v) is 1.69. The Hall–Kier alpha value is -1.26. The summed E-state index contributed by atoms with van der Waals surface area (Å²) in [6.07, 6.45) is 3.35. The first-order chi connectivity index (χ1) is 7.81. The highest BCUT2D eigenvalue weighted by atomic mass is 35.5. The molecule has 2 aromatic heterocycles. The Morgan fingerprint density at radius 2 is 2.44 bits per heavy atom. The number of fused-ring (bicyclic) bond motifs is 1. The van der Waals surface area contributed by atoms with E-state index in [1.165, 1.54) is 0 Å². The molecule has 4 nitrogen and oxygen atoms in total. The third kappa shape index (κ3) is 2.46. The van der Waals surface area contributed by atoms with Crippen molar-refractivity contribution in [2.24, 2.45) is 0 Å². The van der Waals surface area contributed by atoms with Gasteiger partial charge in [-0.15, -0.1) is 11.6 Å². The Bertz CT molecular complexity index is 458. The van der Waals surface area contributed by atoms with Gasteiger partial charge in [-0.25, -0.2) is 4.98 Å². The minimum absolute atomic E-state index is 0.0750. The van der Waals surface area contributed by atoms with E-state index < -0.39 is 0 Å². The molecule has 0 saturated carbocycles. The van der Waals surface area contributed by atoms with Gasteiger partial charge >= 0.3 is 0 Å². The molecule has 0 spiro atoms. The molecule has 0 aliphatic carbocycles. The number of aromatic nitrogens is 1. The number of rotatable bonds is 5. The number of nitrogens with zero attached hydrogens (tertiary/aromatic N) is 1. The second kappa shape index (κ2) is 5.18. The number of halogens is 1. The summed E-state index contributed by atoms with van der Waals surface area (Å²) in [7, 11) is 1.63. The summed E-state index contributed by atoms with van der Waals surface area (Å²) in [6, 6.07) is 3.71. The number of ether oxygens (including phenoxy) is 1. The van der Waals surface area contributed by atoms with Gasteiger partial charge in [-0.2, -0.15) is 0 Å². The topological polar surface area (TPSA) is 47.3 Å². The minimum Gasteiger partial charge on any atom is -0.464 e. The van der Waals surface area contributed by atoms with Gasteiger partial charge in [0, 0.05) is 19.9 Å². The average molecular weight is 241 g/mol. The molecule has 0 bridgehead atoms. The maximum Gasteiger partial charge on any atom is 0.139 e. The Morgan fingerprint density at radius 1 is 1.56 bits per heavy atom. The van der Waals surface area contributed by atoms with Crippen molar-refractivity contribution in [1.29, 1.82) is 0 Å². The van der Waals surface area contributed by atoms with E-state index in [1.54, 1.807) is 19.6 Å². The van der Waals surface area contributed by atoms with Gasteiger partial charge in [0.05, 0.1) is 23.6 Å². The van der Waals surface area contributed by atoms with Crippen LogP contribution in [0.4, 0.5) is 5.82 Å².